The van der Waals surface area contributed by atoms with Crippen molar-refractivity contribution < 1.29 is 9.66 Å². The van der Waals surface area contributed by atoms with Crippen LogP contribution < -0.4 is 10.1 Å². The van der Waals surface area contributed by atoms with Crippen LogP contribution in [0.15, 0.2) is 15.5 Å². The molecule has 20 heavy (non-hydrogen) atoms. The van der Waals surface area contributed by atoms with Gasteiger partial charge in [-0.25, -0.2) is 4.99 Å². The number of aliphatic imine (C=N–C) groups is 1. The standard InChI is InChI=1S/C10H8BrIN4O3S/c1-19-9-5(11)3-6(12)7(8(9)16(17)18)15-10(20-2)14-4-13/h3H,1-2H3,(H,14,15). The van der Waals surface area contributed by atoms with E-state index in [1.54, 1.807) is 18.5 Å². The molecule has 0 aliphatic heterocycles. The van der Waals surface area contributed by atoms with Crippen LogP contribution in [0, 0.1) is 25.1 Å². The number of methoxy groups -OCH3 is 1. The number of nitrogens with one attached hydrogen (secondary N) is 1. The minimum atomic E-state index is -0.561. The van der Waals surface area contributed by atoms with Crippen molar-refractivity contribution in [1.29, 1.82) is 5.26 Å². The lowest BCUT2D eigenvalue weighted by atomic mass is 10.2. The smallest absolute Gasteiger partial charge is 0.338 e. The van der Waals surface area contributed by atoms with Crippen molar-refractivity contribution in [2.45, 2.75) is 0 Å². The van der Waals surface area contributed by atoms with Gasteiger partial charge >= 0.3 is 5.69 Å². The highest BCUT2D eigenvalue weighted by Gasteiger charge is 2.27. The van der Waals surface area contributed by atoms with Gasteiger partial charge in [0.05, 0.1) is 16.5 Å². The predicted octanol–water partition coefficient (Wildman–Crippen LogP) is 3.39. The molecule has 0 heterocycles. The van der Waals surface area contributed by atoms with Crippen molar-refractivity contribution >= 4 is 66.8 Å². The summed E-state index contributed by atoms with van der Waals surface area (Å²) in [5, 5.41) is 22.5. The molecular formula is C10H8BrIN4O3S. The lowest BCUT2D eigenvalue weighted by Gasteiger charge is -2.09. The lowest BCUT2D eigenvalue weighted by Crippen LogP contribution is -2.12. The Morgan fingerprint density at radius 2 is 2.40 bits per heavy atom. The number of nitro groups is 1. The summed E-state index contributed by atoms with van der Waals surface area (Å²) in [4.78, 5) is 14.8. The highest BCUT2D eigenvalue weighted by atomic mass is 127. The van der Waals surface area contributed by atoms with Crippen LogP contribution in [0.4, 0.5) is 11.4 Å². The summed E-state index contributed by atoms with van der Waals surface area (Å²) < 4.78 is 6.08. The minimum Gasteiger partial charge on any atom is -0.489 e. The zero-order valence-electron chi connectivity index (χ0n) is 10.3. The SMILES string of the molecule is COc1c(Br)cc(I)c(N=C(NC#N)SC)c1[N+](=O)[O-]. The summed E-state index contributed by atoms with van der Waals surface area (Å²) in [5.41, 5.74) is -0.111. The third-order valence-electron chi connectivity index (χ3n) is 2.09. The van der Waals surface area contributed by atoms with Crippen molar-refractivity contribution in [3.63, 3.8) is 0 Å². The maximum Gasteiger partial charge on any atom is 0.338 e. The van der Waals surface area contributed by atoms with Gasteiger partial charge in [-0.3, -0.25) is 15.4 Å². The number of ether oxygens (including phenoxy) is 1. The van der Waals surface area contributed by atoms with Crippen LogP contribution in [-0.2, 0) is 0 Å². The fraction of sp³-hybridized carbons (Fsp3) is 0.200. The Morgan fingerprint density at radius 1 is 1.75 bits per heavy atom. The van der Waals surface area contributed by atoms with Crippen LogP contribution in [0.1, 0.15) is 0 Å². The molecular weight excluding hydrogens is 463 g/mol. The first-order valence-corrected chi connectivity index (χ1v) is 8.04. The summed E-state index contributed by atoms with van der Waals surface area (Å²) in [6.07, 6.45) is 3.44. The van der Waals surface area contributed by atoms with E-state index in [0.717, 1.165) is 0 Å². The molecule has 10 heteroatoms. The molecule has 1 aromatic rings. The van der Waals surface area contributed by atoms with E-state index >= 15 is 0 Å². The summed E-state index contributed by atoms with van der Waals surface area (Å²) in [6, 6.07) is 1.66. The highest BCUT2D eigenvalue weighted by Crippen LogP contribution is 2.45. The van der Waals surface area contributed by atoms with Gasteiger partial charge in [0.2, 0.25) is 5.75 Å². The van der Waals surface area contributed by atoms with Crippen LogP contribution in [0.5, 0.6) is 5.75 Å². The van der Waals surface area contributed by atoms with Gasteiger partial charge in [0.1, 0.15) is 0 Å². The molecule has 106 valence electrons. The number of amidine groups is 1. The minimum absolute atomic E-state index is 0.0894. The summed E-state index contributed by atoms with van der Waals surface area (Å²) in [7, 11) is 1.34. The molecule has 0 saturated carbocycles. The van der Waals surface area contributed by atoms with Gasteiger partial charge in [-0.2, -0.15) is 5.26 Å². The maximum absolute atomic E-state index is 11.3. The number of nitrogens with zero attached hydrogens (tertiary/aromatic N) is 3. The molecule has 0 saturated heterocycles. The third kappa shape index (κ3) is 3.74. The monoisotopic (exact) mass is 470 g/mol. The molecule has 1 N–H and O–H groups in total. The Bertz CT molecular complexity index is 618. The zero-order chi connectivity index (χ0) is 15.3. The summed E-state index contributed by atoms with van der Waals surface area (Å²) in [5.74, 6) is 0.0894. The summed E-state index contributed by atoms with van der Waals surface area (Å²) in [6.45, 7) is 0. The first-order valence-electron chi connectivity index (χ1n) is 4.94. The number of nitro benzene ring substituents is 1. The average Bonchev–Trinajstić information content (AvgIpc) is 2.39. The normalized spacial score (nSPS) is 10.8. The molecule has 0 aromatic heterocycles. The molecule has 0 aliphatic rings. The second kappa shape index (κ2) is 7.65. The number of benzene rings is 1. The summed E-state index contributed by atoms with van der Waals surface area (Å²) >= 11 is 6.33. The quantitative estimate of drug-likeness (QED) is 0.138. The molecule has 0 spiro atoms. The molecule has 0 amide bonds. The topological polar surface area (TPSA) is 101 Å². The fourth-order valence-corrected chi connectivity index (χ4v) is 3.35. The number of hydrogen-bond donors (Lipinski definition) is 1. The Kier molecular flexibility index (Phi) is 6.50. The molecule has 0 aliphatic carbocycles. The van der Waals surface area contributed by atoms with E-state index in [4.69, 9.17) is 10.00 Å². The largest absolute Gasteiger partial charge is 0.489 e. The van der Waals surface area contributed by atoms with Gasteiger partial charge in [0.15, 0.2) is 17.0 Å². The second-order valence-electron chi connectivity index (χ2n) is 3.19. The Labute approximate surface area is 141 Å². The van der Waals surface area contributed by atoms with E-state index in [1.165, 1.54) is 18.9 Å². The molecule has 0 bridgehead atoms. The fourth-order valence-electron chi connectivity index (χ4n) is 1.32. The van der Waals surface area contributed by atoms with E-state index in [2.05, 4.69) is 26.2 Å². The van der Waals surface area contributed by atoms with Crippen LogP contribution in [0.25, 0.3) is 0 Å². The number of halogens is 2. The van der Waals surface area contributed by atoms with Crippen LogP contribution in [0.2, 0.25) is 0 Å². The Morgan fingerprint density at radius 3 is 2.85 bits per heavy atom. The van der Waals surface area contributed by atoms with Crippen molar-refractivity contribution in [1.82, 2.24) is 5.32 Å². The first-order chi connectivity index (χ1) is 9.46. The van der Waals surface area contributed by atoms with Gasteiger partial charge < -0.3 is 4.74 Å². The van der Waals surface area contributed by atoms with E-state index < -0.39 is 4.92 Å². The lowest BCUT2D eigenvalue weighted by molar-refractivity contribution is -0.385. The zero-order valence-corrected chi connectivity index (χ0v) is 14.9. The first kappa shape index (κ1) is 17.0. The number of rotatable bonds is 3. The number of nitriles is 1. The molecule has 0 unspecified atom stereocenters. The number of hydrogen-bond acceptors (Lipinski definition) is 6. The van der Waals surface area contributed by atoms with Gasteiger partial charge in [0, 0.05) is 3.57 Å². The third-order valence-corrected chi connectivity index (χ3v) is 4.08. The van der Waals surface area contributed by atoms with Gasteiger partial charge in [-0.15, -0.1) is 0 Å². The molecule has 0 atom stereocenters. The van der Waals surface area contributed by atoms with Crippen molar-refractivity contribution in [3.8, 4) is 11.9 Å². The average molecular weight is 471 g/mol. The van der Waals surface area contributed by atoms with E-state index in [-0.39, 0.29) is 22.3 Å². The molecule has 7 nitrogen and oxygen atoms in total. The van der Waals surface area contributed by atoms with Crippen LogP contribution in [-0.4, -0.2) is 23.5 Å². The van der Waals surface area contributed by atoms with Gasteiger partial charge in [-0.05, 0) is 50.8 Å². The van der Waals surface area contributed by atoms with E-state index in [9.17, 15) is 10.1 Å². The van der Waals surface area contributed by atoms with E-state index in [1.807, 2.05) is 22.6 Å². The predicted molar refractivity (Wildman–Crippen MR) is 89.4 cm³/mol. The van der Waals surface area contributed by atoms with Crippen LogP contribution >= 0.6 is 50.3 Å². The van der Waals surface area contributed by atoms with Gasteiger partial charge in [0.25, 0.3) is 0 Å². The van der Waals surface area contributed by atoms with Crippen molar-refractivity contribution in [2.75, 3.05) is 13.4 Å². The van der Waals surface area contributed by atoms with Crippen molar-refractivity contribution in [3.05, 3.63) is 24.2 Å². The van der Waals surface area contributed by atoms with Gasteiger partial charge in [-0.1, -0.05) is 11.8 Å². The Hall–Kier alpha value is -1.06. The number of thioether (sulfide) groups is 1. The Balaban J connectivity index is 3.61. The molecule has 0 fully saturated rings. The molecule has 1 aromatic carbocycles. The second-order valence-corrected chi connectivity index (χ2v) is 6.00. The molecule has 0 radical (unpaired) electrons. The van der Waals surface area contributed by atoms with Crippen molar-refractivity contribution in [2.24, 2.45) is 4.99 Å². The van der Waals surface area contributed by atoms with Crippen LogP contribution in [0.3, 0.4) is 0 Å². The molecule has 1 rings (SSSR count). The van der Waals surface area contributed by atoms with E-state index in [0.29, 0.717) is 8.04 Å². The highest BCUT2D eigenvalue weighted by molar-refractivity contribution is 14.1. The maximum atomic E-state index is 11.3.